The number of carbonyl (C=O) groups is 2. The number of allylic oxidation sites excluding steroid dienone is 2. The highest BCUT2D eigenvalue weighted by Crippen LogP contribution is 2.72. The fourth-order valence-electron chi connectivity index (χ4n) is 9.31. The van der Waals surface area contributed by atoms with E-state index in [0.717, 1.165) is 44.1 Å². The first-order chi connectivity index (χ1) is 16.1. The van der Waals surface area contributed by atoms with Gasteiger partial charge in [0, 0.05) is 17.3 Å². The van der Waals surface area contributed by atoms with Crippen molar-refractivity contribution in [1.29, 1.82) is 0 Å². The molecule has 2 saturated carbocycles. The van der Waals surface area contributed by atoms with Gasteiger partial charge in [0.05, 0.1) is 12.0 Å². The van der Waals surface area contributed by atoms with Gasteiger partial charge in [-0.15, -0.1) is 0 Å². The van der Waals surface area contributed by atoms with E-state index >= 15 is 0 Å². The van der Waals surface area contributed by atoms with E-state index in [9.17, 15) is 19.8 Å². The van der Waals surface area contributed by atoms with Crippen LogP contribution in [0.15, 0.2) is 23.3 Å². The second-order valence-corrected chi connectivity index (χ2v) is 13.9. The highest BCUT2D eigenvalue weighted by molar-refractivity contribution is 5.85. The molecule has 4 nitrogen and oxygen atoms in total. The van der Waals surface area contributed by atoms with Crippen molar-refractivity contribution in [2.45, 2.75) is 112 Å². The fourth-order valence-corrected chi connectivity index (χ4v) is 9.31. The van der Waals surface area contributed by atoms with E-state index in [2.05, 4.69) is 55.0 Å². The summed E-state index contributed by atoms with van der Waals surface area (Å²) in [4.78, 5) is 25.4. The van der Waals surface area contributed by atoms with Crippen LogP contribution < -0.4 is 0 Å². The molecule has 0 saturated heterocycles. The Labute approximate surface area is 212 Å². The molecule has 0 heterocycles. The molecular formula is C31H48O4. The van der Waals surface area contributed by atoms with E-state index in [0.29, 0.717) is 36.9 Å². The molecule has 0 spiro atoms. The summed E-state index contributed by atoms with van der Waals surface area (Å²) in [5, 5.41) is 22.0. The lowest BCUT2D eigenvalue weighted by Gasteiger charge is -2.61. The van der Waals surface area contributed by atoms with Crippen molar-refractivity contribution in [1.82, 2.24) is 0 Å². The lowest BCUT2D eigenvalue weighted by molar-refractivity contribution is -0.146. The van der Waals surface area contributed by atoms with Crippen molar-refractivity contribution in [2.75, 3.05) is 0 Å². The number of carboxylic acids is 1. The summed E-state index contributed by atoms with van der Waals surface area (Å²) in [7, 11) is 0. The zero-order valence-corrected chi connectivity index (χ0v) is 23.2. The van der Waals surface area contributed by atoms with Crippen molar-refractivity contribution >= 4 is 11.8 Å². The Kier molecular flexibility index (Phi) is 6.52. The molecule has 1 unspecified atom stereocenters. The van der Waals surface area contributed by atoms with Crippen molar-refractivity contribution in [3.63, 3.8) is 0 Å². The highest BCUT2D eigenvalue weighted by Gasteiger charge is 2.67. The number of aliphatic hydroxyl groups excluding tert-OH is 1. The molecule has 0 aliphatic heterocycles. The molecule has 0 aromatic heterocycles. The first kappa shape index (κ1) is 26.6. The molecule has 4 rings (SSSR count). The average Bonchev–Trinajstić information content (AvgIpc) is 2.98. The molecule has 4 heteroatoms. The van der Waals surface area contributed by atoms with E-state index < -0.39 is 23.4 Å². The lowest BCUT2D eigenvalue weighted by atomic mass is 9.43. The molecule has 0 radical (unpaired) electrons. The number of aliphatic hydroxyl groups is 1. The van der Waals surface area contributed by atoms with E-state index in [1.807, 2.05) is 0 Å². The van der Waals surface area contributed by atoms with Gasteiger partial charge in [0.1, 0.15) is 5.78 Å². The number of aliphatic carboxylic acids is 1. The summed E-state index contributed by atoms with van der Waals surface area (Å²) >= 11 is 0. The molecule has 35 heavy (non-hydrogen) atoms. The van der Waals surface area contributed by atoms with Crippen LogP contribution >= 0.6 is 0 Å². The van der Waals surface area contributed by atoms with Crippen LogP contribution in [0.3, 0.4) is 0 Å². The van der Waals surface area contributed by atoms with Gasteiger partial charge in [-0.05, 0) is 80.0 Å². The number of carbonyl (C=O) groups excluding carboxylic acids is 1. The molecule has 7 atom stereocenters. The lowest BCUT2D eigenvalue weighted by Crippen LogP contribution is -2.55. The van der Waals surface area contributed by atoms with Crippen molar-refractivity contribution < 1.29 is 19.8 Å². The Hall–Kier alpha value is -1.42. The number of rotatable bonds is 6. The second-order valence-electron chi connectivity index (χ2n) is 13.9. The van der Waals surface area contributed by atoms with Gasteiger partial charge in [-0.1, -0.05) is 71.8 Å². The maximum Gasteiger partial charge on any atom is 0.306 e. The third-order valence-corrected chi connectivity index (χ3v) is 12.0. The number of Topliss-reactive ketones (excluding diaryl/α,β-unsaturated/α-hetero) is 1. The van der Waals surface area contributed by atoms with Crippen LogP contribution in [-0.2, 0) is 9.59 Å². The minimum atomic E-state index is -0.729. The van der Waals surface area contributed by atoms with Crippen LogP contribution in [0.1, 0.15) is 106 Å². The summed E-state index contributed by atoms with van der Waals surface area (Å²) in [6.07, 6.45) is 6.66. The average molecular weight is 485 g/mol. The summed E-state index contributed by atoms with van der Waals surface area (Å²) in [6.45, 7) is 19.6. The van der Waals surface area contributed by atoms with Crippen LogP contribution in [-0.4, -0.2) is 28.1 Å². The molecule has 0 bridgehead atoms. The van der Waals surface area contributed by atoms with Gasteiger partial charge >= 0.3 is 5.97 Å². The summed E-state index contributed by atoms with van der Waals surface area (Å²) < 4.78 is 0. The zero-order chi connectivity index (χ0) is 26.1. The Morgan fingerprint density at radius 3 is 2.31 bits per heavy atom. The van der Waals surface area contributed by atoms with Crippen LogP contribution in [0.5, 0.6) is 0 Å². The van der Waals surface area contributed by atoms with Crippen molar-refractivity contribution in [3.05, 3.63) is 23.3 Å². The Morgan fingerprint density at radius 2 is 1.71 bits per heavy atom. The van der Waals surface area contributed by atoms with Gasteiger partial charge in [-0.2, -0.15) is 0 Å². The van der Waals surface area contributed by atoms with Crippen LogP contribution in [0, 0.1) is 45.3 Å². The SMILES string of the molecule is C=C(CC[C@H](C(=O)O)[C@H]1C[C@H](O)[C@@]2(C)C3=C(CC[C@]12C)[C@@]1(C)CCC(=O)C(C)(C)C1CC3)C(C)C. The van der Waals surface area contributed by atoms with Crippen LogP contribution in [0.2, 0.25) is 0 Å². The molecule has 2 fully saturated rings. The third-order valence-electron chi connectivity index (χ3n) is 12.0. The monoisotopic (exact) mass is 484 g/mol. The predicted molar refractivity (Wildman–Crippen MR) is 140 cm³/mol. The van der Waals surface area contributed by atoms with Gasteiger partial charge in [0.2, 0.25) is 0 Å². The van der Waals surface area contributed by atoms with Crippen LogP contribution in [0.4, 0.5) is 0 Å². The molecule has 196 valence electrons. The molecule has 0 amide bonds. The van der Waals surface area contributed by atoms with Crippen molar-refractivity contribution in [3.8, 4) is 0 Å². The quantitative estimate of drug-likeness (QED) is 0.399. The fraction of sp³-hybridized carbons (Fsp3) is 0.806. The van der Waals surface area contributed by atoms with Gasteiger partial charge in [0.25, 0.3) is 0 Å². The second kappa shape index (κ2) is 8.57. The Balaban J connectivity index is 1.73. The predicted octanol–water partition coefficient (Wildman–Crippen LogP) is 6.97. The van der Waals surface area contributed by atoms with Crippen LogP contribution in [0.25, 0.3) is 0 Å². The smallest absolute Gasteiger partial charge is 0.306 e. The standard InChI is InChI=1S/C31H48O4/c1-18(2)19(3)9-10-20(27(34)35)23-17-26(33)31(8)22-11-12-24-28(4,5)25(32)14-15-29(24,6)21(22)13-16-30(23,31)7/h18,20,23-24,26,33H,3,9-17H2,1-2,4-8H3,(H,34,35)/t20-,23+,24?,26-,29+,30+,31+/m0/s1. The maximum atomic E-state index is 12.8. The molecule has 4 aliphatic carbocycles. The van der Waals surface area contributed by atoms with Crippen molar-refractivity contribution in [2.24, 2.45) is 45.3 Å². The van der Waals surface area contributed by atoms with Gasteiger partial charge < -0.3 is 10.2 Å². The van der Waals surface area contributed by atoms with Gasteiger partial charge in [0.15, 0.2) is 0 Å². The molecule has 4 aliphatic rings. The van der Waals surface area contributed by atoms with E-state index in [4.69, 9.17) is 0 Å². The first-order valence-electron chi connectivity index (χ1n) is 14.0. The Morgan fingerprint density at radius 1 is 1.06 bits per heavy atom. The largest absolute Gasteiger partial charge is 0.481 e. The number of ketones is 1. The Bertz CT molecular complexity index is 957. The summed E-state index contributed by atoms with van der Waals surface area (Å²) in [5.41, 5.74) is 3.03. The number of hydrogen-bond acceptors (Lipinski definition) is 3. The van der Waals surface area contributed by atoms with E-state index in [1.54, 1.807) is 0 Å². The third kappa shape index (κ3) is 3.63. The normalized spacial score (nSPS) is 41.3. The highest BCUT2D eigenvalue weighted by atomic mass is 16.4. The number of hydrogen-bond donors (Lipinski definition) is 2. The maximum absolute atomic E-state index is 12.8. The van der Waals surface area contributed by atoms with Gasteiger partial charge in [-0.25, -0.2) is 0 Å². The number of fused-ring (bicyclic) bond motifs is 4. The number of carboxylic acid groups (broad SMARTS) is 1. The molecule has 0 aromatic rings. The summed E-state index contributed by atoms with van der Waals surface area (Å²) in [5.74, 6) is -0.164. The van der Waals surface area contributed by atoms with E-state index in [1.165, 1.54) is 11.1 Å². The first-order valence-corrected chi connectivity index (χ1v) is 14.0. The minimum Gasteiger partial charge on any atom is -0.481 e. The van der Waals surface area contributed by atoms with Gasteiger partial charge in [-0.3, -0.25) is 9.59 Å². The molecule has 0 aromatic carbocycles. The summed E-state index contributed by atoms with van der Waals surface area (Å²) in [6, 6.07) is 0. The topological polar surface area (TPSA) is 74.6 Å². The minimum absolute atomic E-state index is 0.00561. The zero-order valence-electron chi connectivity index (χ0n) is 23.2. The molecular weight excluding hydrogens is 436 g/mol. The van der Waals surface area contributed by atoms with E-state index in [-0.39, 0.29) is 22.2 Å². The molecule has 2 N–H and O–H groups in total.